The molecule has 0 aliphatic carbocycles. The summed E-state index contributed by atoms with van der Waals surface area (Å²) in [6.07, 6.45) is 0. The van der Waals surface area contributed by atoms with Crippen LogP contribution in [0.1, 0.15) is 13.8 Å². The molecule has 0 fully saturated rings. The maximum Gasteiger partial charge on any atom is 0.243 e. The molecule has 0 bridgehead atoms. The van der Waals surface area contributed by atoms with E-state index in [9.17, 15) is 4.79 Å². The fraction of sp³-hybridized carbons (Fsp3) is 0.364. The van der Waals surface area contributed by atoms with E-state index in [1.54, 1.807) is 24.0 Å². The molecule has 82 valence electrons. The fourth-order valence-corrected chi connectivity index (χ4v) is 1.54. The molecule has 1 rings (SSSR count). The maximum atomic E-state index is 11.7. The Hall–Kier alpha value is -1.06. The lowest BCUT2D eigenvalue weighted by Gasteiger charge is -2.23. The monoisotopic (exact) mass is 226 g/mol. The van der Waals surface area contributed by atoms with Gasteiger partial charge in [0.2, 0.25) is 5.91 Å². The van der Waals surface area contributed by atoms with Gasteiger partial charge in [0, 0.05) is 17.3 Å². The Morgan fingerprint density at radius 3 is 2.73 bits per heavy atom. The summed E-state index contributed by atoms with van der Waals surface area (Å²) in [6.45, 7) is 4.16. The Labute approximate surface area is 94.8 Å². The van der Waals surface area contributed by atoms with E-state index < -0.39 is 6.04 Å². The largest absolute Gasteiger partial charge is 0.320 e. The molecular weight excluding hydrogens is 212 g/mol. The SMILES string of the molecule is CCN(C(=O)[C@@H](C)N)c1cccc(Cl)c1. The van der Waals surface area contributed by atoms with Crippen LogP contribution in [0.2, 0.25) is 5.02 Å². The summed E-state index contributed by atoms with van der Waals surface area (Å²) in [4.78, 5) is 13.4. The number of anilines is 1. The number of benzene rings is 1. The minimum atomic E-state index is -0.496. The second-order valence-corrected chi connectivity index (χ2v) is 3.79. The van der Waals surface area contributed by atoms with E-state index in [0.29, 0.717) is 11.6 Å². The Morgan fingerprint density at radius 2 is 2.27 bits per heavy atom. The normalized spacial score (nSPS) is 12.3. The van der Waals surface area contributed by atoms with Crippen molar-refractivity contribution in [3.63, 3.8) is 0 Å². The van der Waals surface area contributed by atoms with E-state index in [-0.39, 0.29) is 5.91 Å². The van der Waals surface area contributed by atoms with Crippen molar-refractivity contribution >= 4 is 23.2 Å². The molecular formula is C11H15ClN2O. The summed E-state index contributed by atoms with van der Waals surface area (Å²) in [6, 6.07) is 6.69. The lowest BCUT2D eigenvalue weighted by atomic mass is 10.2. The lowest BCUT2D eigenvalue weighted by Crippen LogP contribution is -2.42. The van der Waals surface area contributed by atoms with Gasteiger partial charge in [-0.3, -0.25) is 4.79 Å². The molecule has 15 heavy (non-hydrogen) atoms. The molecule has 1 amide bonds. The van der Waals surface area contributed by atoms with E-state index in [1.165, 1.54) is 0 Å². The topological polar surface area (TPSA) is 46.3 Å². The second-order valence-electron chi connectivity index (χ2n) is 3.35. The summed E-state index contributed by atoms with van der Waals surface area (Å²) in [5, 5.41) is 0.614. The van der Waals surface area contributed by atoms with Gasteiger partial charge in [0.1, 0.15) is 0 Å². The molecule has 0 aliphatic rings. The molecule has 4 heteroatoms. The number of likely N-dealkylation sites (N-methyl/N-ethyl adjacent to an activating group) is 1. The smallest absolute Gasteiger partial charge is 0.243 e. The van der Waals surface area contributed by atoms with Crippen molar-refractivity contribution in [3.8, 4) is 0 Å². The zero-order valence-corrected chi connectivity index (χ0v) is 9.66. The molecule has 0 saturated heterocycles. The molecule has 0 aliphatic heterocycles. The average molecular weight is 227 g/mol. The standard InChI is InChI=1S/C11H15ClN2O/c1-3-14(11(15)8(2)13)10-6-4-5-9(12)7-10/h4-8H,3,13H2,1-2H3/t8-/m1/s1. The number of carbonyl (C=O) groups excluding carboxylic acids is 1. The highest BCUT2D eigenvalue weighted by Crippen LogP contribution is 2.19. The van der Waals surface area contributed by atoms with Gasteiger partial charge in [-0.15, -0.1) is 0 Å². The summed E-state index contributed by atoms with van der Waals surface area (Å²) in [5.41, 5.74) is 6.35. The van der Waals surface area contributed by atoms with Crippen LogP contribution in [0.5, 0.6) is 0 Å². The molecule has 0 unspecified atom stereocenters. The minimum Gasteiger partial charge on any atom is -0.320 e. The number of amides is 1. The first-order valence-electron chi connectivity index (χ1n) is 4.88. The highest BCUT2D eigenvalue weighted by molar-refractivity contribution is 6.30. The quantitative estimate of drug-likeness (QED) is 0.858. The van der Waals surface area contributed by atoms with Crippen LogP contribution in [0.25, 0.3) is 0 Å². The fourth-order valence-electron chi connectivity index (χ4n) is 1.36. The Morgan fingerprint density at radius 1 is 1.60 bits per heavy atom. The van der Waals surface area contributed by atoms with Crippen molar-refractivity contribution in [3.05, 3.63) is 29.3 Å². The van der Waals surface area contributed by atoms with Crippen LogP contribution in [-0.4, -0.2) is 18.5 Å². The third-order valence-electron chi connectivity index (χ3n) is 2.09. The van der Waals surface area contributed by atoms with Crippen LogP contribution in [0.3, 0.4) is 0 Å². The number of hydrogen-bond acceptors (Lipinski definition) is 2. The zero-order valence-electron chi connectivity index (χ0n) is 8.90. The second kappa shape index (κ2) is 5.14. The van der Waals surface area contributed by atoms with Crippen molar-refractivity contribution in [2.24, 2.45) is 5.73 Å². The van der Waals surface area contributed by atoms with Crippen LogP contribution in [0.4, 0.5) is 5.69 Å². The molecule has 0 spiro atoms. The summed E-state index contributed by atoms with van der Waals surface area (Å²) in [5.74, 6) is -0.0974. The van der Waals surface area contributed by atoms with Gasteiger partial charge in [0.15, 0.2) is 0 Å². The highest BCUT2D eigenvalue weighted by atomic mass is 35.5. The van der Waals surface area contributed by atoms with Crippen LogP contribution >= 0.6 is 11.6 Å². The average Bonchev–Trinajstić information content (AvgIpc) is 2.18. The van der Waals surface area contributed by atoms with Gasteiger partial charge in [0.25, 0.3) is 0 Å². The van der Waals surface area contributed by atoms with Gasteiger partial charge in [-0.1, -0.05) is 17.7 Å². The minimum absolute atomic E-state index is 0.0974. The van der Waals surface area contributed by atoms with E-state index in [1.807, 2.05) is 19.1 Å². The number of halogens is 1. The summed E-state index contributed by atoms with van der Waals surface area (Å²) in [7, 11) is 0. The van der Waals surface area contributed by atoms with Gasteiger partial charge >= 0.3 is 0 Å². The van der Waals surface area contributed by atoms with Crippen molar-refractivity contribution in [1.82, 2.24) is 0 Å². The van der Waals surface area contributed by atoms with Gasteiger partial charge in [-0.25, -0.2) is 0 Å². The molecule has 1 atom stereocenters. The van der Waals surface area contributed by atoms with E-state index in [0.717, 1.165) is 5.69 Å². The third-order valence-corrected chi connectivity index (χ3v) is 2.33. The molecule has 0 heterocycles. The highest BCUT2D eigenvalue weighted by Gasteiger charge is 2.17. The van der Waals surface area contributed by atoms with E-state index in [4.69, 9.17) is 17.3 Å². The first kappa shape index (κ1) is 12.0. The van der Waals surface area contributed by atoms with Crippen LogP contribution in [-0.2, 0) is 4.79 Å². The van der Waals surface area contributed by atoms with E-state index in [2.05, 4.69) is 0 Å². The number of hydrogen-bond donors (Lipinski definition) is 1. The van der Waals surface area contributed by atoms with Gasteiger partial charge in [0.05, 0.1) is 6.04 Å². The summed E-state index contributed by atoms with van der Waals surface area (Å²) >= 11 is 5.86. The van der Waals surface area contributed by atoms with Gasteiger partial charge in [-0.05, 0) is 32.0 Å². The zero-order chi connectivity index (χ0) is 11.4. The molecule has 0 aromatic heterocycles. The number of rotatable bonds is 3. The van der Waals surface area contributed by atoms with Crippen LogP contribution < -0.4 is 10.6 Å². The number of nitrogens with two attached hydrogens (primary N) is 1. The lowest BCUT2D eigenvalue weighted by molar-refractivity contribution is -0.119. The van der Waals surface area contributed by atoms with Crippen LogP contribution in [0, 0.1) is 0 Å². The molecule has 3 nitrogen and oxygen atoms in total. The van der Waals surface area contributed by atoms with Crippen molar-refractivity contribution in [2.75, 3.05) is 11.4 Å². The van der Waals surface area contributed by atoms with Crippen molar-refractivity contribution in [1.29, 1.82) is 0 Å². The number of carbonyl (C=O) groups is 1. The number of nitrogens with zero attached hydrogens (tertiary/aromatic N) is 1. The van der Waals surface area contributed by atoms with Crippen molar-refractivity contribution in [2.45, 2.75) is 19.9 Å². The third kappa shape index (κ3) is 2.94. The molecule has 0 saturated carbocycles. The predicted molar refractivity (Wildman–Crippen MR) is 63.1 cm³/mol. The first-order valence-corrected chi connectivity index (χ1v) is 5.26. The predicted octanol–water partition coefficient (Wildman–Crippen LogP) is 2.04. The van der Waals surface area contributed by atoms with Crippen molar-refractivity contribution < 1.29 is 4.79 Å². The molecule has 1 aromatic rings. The van der Waals surface area contributed by atoms with E-state index >= 15 is 0 Å². The Balaban J connectivity index is 2.97. The Kier molecular flexibility index (Phi) is 4.12. The molecule has 0 radical (unpaired) electrons. The first-order chi connectivity index (χ1) is 7.06. The molecule has 2 N–H and O–H groups in total. The Bertz CT molecular complexity index is 352. The van der Waals surface area contributed by atoms with Gasteiger partial charge < -0.3 is 10.6 Å². The van der Waals surface area contributed by atoms with Gasteiger partial charge in [-0.2, -0.15) is 0 Å². The maximum absolute atomic E-state index is 11.7. The molecule has 1 aromatic carbocycles. The van der Waals surface area contributed by atoms with Crippen LogP contribution in [0.15, 0.2) is 24.3 Å². The summed E-state index contributed by atoms with van der Waals surface area (Å²) < 4.78 is 0.